The van der Waals surface area contributed by atoms with E-state index in [1.54, 1.807) is 50.6 Å². The van der Waals surface area contributed by atoms with Crippen LogP contribution in [0.3, 0.4) is 0 Å². The molecule has 2 aromatic rings. The van der Waals surface area contributed by atoms with E-state index < -0.39 is 0 Å². The van der Waals surface area contributed by atoms with Crippen LogP contribution in [0.15, 0.2) is 46.9 Å². The maximum Gasteiger partial charge on any atom is 0.255 e. The van der Waals surface area contributed by atoms with E-state index in [2.05, 4.69) is 21.2 Å². The normalized spacial score (nSPS) is 9.95. The predicted molar refractivity (Wildman–Crippen MR) is 81.6 cm³/mol. The number of hydrogen-bond acceptors (Lipinski definition) is 3. The highest BCUT2D eigenvalue weighted by Gasteiger charge is 2.10. The Bertz CT molecular complexity index is 611. The summed E-state index contributed by atoms with van der Waals surface area (Å²) in [5.41, 5.74) is 1.16. The molecule has 1 amide bonds. The molecule has 0 fully saturated rings. The van der Waals surface area contributed by atoms with Crippen molar-refractivity contribution >= 4 is 27.5 Å². The quantitative estimate of drug-likeness (QED) is 0.926. The molecule has 5 heteroatoms. The molecule has 0 atom stereocenters. The maximum absolute atomic E-state index is 12.2. The van der Waals surface area contributed by atoms with Crippen molar-refractivity contribution in [3.05, 3.63) is 52.5 Å². The van der Waals surface area contributed by atoms with Gasteiger partial charge in [-0.1, -0.05) is 15.9 Å². The maximum atomic E-state index is 12.2. The first-order chi connectivity index (χ1) is 9.63. The summed E-state index contributed by atoms with van der Waals surface area (Å²) in [6.07, 6.45) is 0. The number of benzene rings is 2. The number of methoxy groups -OCH3 is 2. The second-order valence-corrected chi connectivity index (χ2v) is 4.94. The fourth-order valence-corrected chi connectivity index (χ4v) is 2.08. The molecule has 2 rings (SSSR count). The Hall–Kier alpha value is -2.01. The minimum Gasteiger partial charge on any atom is -0.497 e. The zero-order valence-corrected chi connectivity index (χ0v) is 12.7. The van der Waals surface area contributed by atoms with Crippen LogP contribution in [0.5, 0.6) is 11.5 Å². The standard InChI is InChI=1S/C15H14BrNO3/c1-19-12-6-3-10(4-7-12)15(18)17-13-9-11(16)5-8-14(13)20-2/h3-9H,1-2H3,(H,17,18). The van der Waals surface area contributed by atoms with Gasteiger partial charge in [0, 0.05) is 10.0 Å². The van der Waals surface area contributed by atoms with Gasteiger partial charge < -0.3 is 14.8 Å². The molecule has 0 heterocycles. The van der Waals surface area contributed by atoms with Crippen LogP contribution in [0.25, 0.3) is 0 Å². The SMILES string of the molecule is COc1ccc(C(=O)Nc2cc(Br)ccc2OC)cc1. The van der Waals surface area contributed by atoms with Crippen LogP contribution in [-0.2, 0) is 0 Å². The Balaban J connectivity index is 2.20. The Labute approximate surface area is 125 Å². The fraction of sp³-hybridized carbons (Fsp3) is 0.133. The molecule has 0 bridgehead atoms. The minimum absolute atomic E-state index is 0.205. The van der Waals surface area contributed by atoms with Crippen LogP contribution in [0.4, 0.5) is 5.69 Å². The second-order valence-electron chi connectivity index (χ2n) is 4.03. The Morgan fingerprint density at radius 3 is 2.35 bits per heavy atom. The lowest BCUT2D eigenvalue weighted by atomic mass is 10.2. The summed E-state index contributed by atoms with van der Waals surface area (Å²) in [6.45, 7) is 0. The van der Waals surface area contributed by atoms with Crippen molar-refractivity contribution in [3.63, 3.8) is 0 Å². The van der Waals surface area contributed by atoms with Crippen molar-refractivity contribution < 1.29 is 14.3 Å². The lowest BCUT2D eigenvalue weighted by Gasteiger charge is -2.11. The highest BCUT2D eigenvalue weighted by molar-refractivity contribution is 9.10. The highest BCUT2D eigenvalue weighted by Crippen LogP contribution is 2.28. The summed E-state index contributed by atoms with van der Waals surface area (Å²) in [6, 6.07) is 12.3. The van der Waals surface area contributed by atoms with Crippen LogP contribution in [0.2, 0.25) is 0 Å². The molecule has 104 valence electrons. The second kappa shape index (κ2) is 6.43. The van der Waals surface area contributed by atoms with Crippen molar-refractivity contribution in [1.82, 2.24) is 0 Å². The molecular formula is C15H14BrNO3. The lowest BCUT2D eigenvalue weighted by Crippen LogP contribution is -2.12. The molecule has 0 unspecified atom stereocenters. The molecule has 1 N–H and O–H groups in total. The molecule has 0 aliphatic heterocycles. The number of carbonyl (C=O) groups excluding carboxylic acids is 1. The summed E-state index contributed by atoms with van der Waals surface area (Å²) in [5.74, 6) is 1.11. The van der Waals surface area contributed by atoms with Gasteiger partial charge in [-0.3, -0.25) is 4.79 Å². The molecule has 0 aliphatic rings. The van der Waals surface area contributed by atoms with Gasteiger partial charge in [-0.25, -0.2) is 0 Å². The first kappa shape index (κ1) is 14.4. The number of nitrogens with one attached hydrogen (secondary N) is 1. The Kier molecular flexibility index (Phi) is 4.63. The molecule has 0 spiro atoms. The minimum atomic E-state index is -0.205. The molecule has 0 aromatic heterocycles. The summed E-state index contributed by atoms with van der Waals surface area (Å²) in [5, 5.41) is 2.82. The van der Waals surface area contributed by atoms with Gasteiger partial charge in [-0.15, -0.1) is 0 Å². The van der Waals surface area contributed by atoms with E-state index in [4.69, 9.17) is 9.47 Å². The van der Waals surface area contributed by atoms with Gasteiger partial charge >= 0.3 is 0 Å². The zero-order chi connectivity index (χ0) is 14.5. The van der Waals surface area contributed by atoms with E-state index in [1.165, 1.54) is 0 Å². The van der Waals surface area contributed by atoms with Gasteiger partial charge in [-0.2, -0.15) is 0 Å². The van der Waals surface area contributed by atoms with E-state index in [1.807, 2.05) is 6.07 Å². The summed E-state index contributed by atoms with van der Waals surface area (Å²) in [4.78, 5) is 12.2. The van der Waals surface area contributed by atoms with Crippen LogP contribution >= 0.6 is 15.9 Å². The third kappa shape index (κ3) is 3.30. The van der Waals surface area contributed by atoms with E-state index in [-0.39, 0.29) is 5.91 Å². The summed E-state index contributed by atoms with van der Waals surface area (Å²) in [7, 11) is 3.15. The van der Waals surface area contributed by atoms with Crippen molar-refractivity contribution in [1.29, 1.82) is 0 Å². The topological polar surface area (TPSA) is 47.6 Å². The van der Waals surface area contributed by atoms with Crippen molar-refractivity contribution in [2.45, 2.75) is 0 Å². The van der Waals surface area contributed by atoms with Gasteiger partial charge in [0.25, 0.3) is 5.91 Å². The number of halogens is 1. The van der Waals surface area contributed by atoms with Crippen LogP contribution < -0.4 is 14.8 Å². The molecular weight excluding hydrogens is 322 g/mol. The van der Waals surface area contributed by atoms with Crippen molar-refractivity contribution in [2.24, 2.45) is 0 Å². The largest absolute Gasteiger partial charge is 0.497 e. The zero-order valence-electron chi connectivity index (χ0n) is 11.1. The number of rotatable bonds is 4. The molecule has 0 saturated heterocycles. The fourth-order valence-electron chi connectivity index (χ4n) is 1.71. The molecule has 0 aliphatic carbocycles. The summed E-state index contributed by atoms with van der Waals surface area (Å²) < 4.78 is 11.1. The van der Waals surface area contributed by atoms with Crippen molar-refractivity contribution in [2.75, 3.05) is 19.5 Å². The number of amides is 1. The molecule has 0 saturated carbocycles. The van der Waals surface area contributed by atoms with E-state index >= 15 is 0 Å². The Morgan fingerprint density at radius 2 is 1.75 bits per heavy atom. The number of ether oxygens (including phenoxy) is 2. The van der Waals surface area contributed by atoms with Gasteiger partial charge in [0.15, 0.2) is 0 Å². The van der Waals surface area contributed by atoms with Crippen LogP contribution in [0.1, 0.15) is 10.4 Å². The number of carbonyl (C=O) groups is 1. The highest BCUT2D eigenvalue weighted by atomic mass is 79.9. The monoisotopic (exact) mass is 335 g/mol. The van der Waals surface area contributed by atoms with Gasteiger partial charge in [-0.05, 0) is 42.5 Å². The van der Waals surface area contributed by atoms with Crippen LogP contribution in [0, 0.1) is 0 Å². The Morgan fingerprint density at radius 1 is 1.05 bits per heavy atom. The van der Waals surface area contributed by atoms with Crippen LogP contribution in [-0.4, -0.2) is 20.1 Å². The average molecular weight is 336 g/mol. The van der Waals surface area contributed by atoms with E-state index in [0.29, 0.717) is 22.7 Å². The molecule has 4 nitrogen and oxygen atoms in total. The van der Waals surface area contributed by atoms with Gasteiger partial charge in [0.2, 0.25) is 0 Å². The number of hydrogen-bond donors (Lipinski definition) is 1. The average Bonchev–Trinajstić information content (AvgIpc) is 2.47. The van der Waals surface area contributed by atoms with Crippen molar-refractivity contribution in [3.8, 4) is 11.5 Å². The van der Waals surface area contributed by atoms with Gasteiger partial charge in [0.1, 0.15) is 11.5 Å². The smallest absolute Gasteiger partial charge is 0.255 e. The van der Waals surface area contributed by atoms with Gasteiger partial charge in [0.05, 0.1) is 19.9 Å². The van der Waals surface area contributed by atoms with E-state index in [0.717, 1.165) is 4.47 Å². The molecule has 0 radical (unpaired) electrons. The lowest BCUT2D eigenvalue weighted by molar-refractivity contribution is 0.102. The number of anilines is 1. The third-order valence-electron chi connectivity index (χ3n) is 2.76. The summed E-state index contributed by atoms with van der Waals surface area (Å²) >= 11 is 3.37. The first-order valence-corrected chi connectivity index (χ1v) is 6.72. The molecule has 20 heavy (non-hydrogen) atoms. The molecule has 2 aromatic carbocycles. The predicted octanol–water partition coefficient (Wildman–Crippen LogP) is 3.72. The first-order valence-electron chi connectivity index (χ1n) is 5.93. The van der Waals surface area contributed by atoms with E-state index in [9.17, 15) is 4.79 Å². The third-order valence-corrected chi connectivity index (χ3v) is 3.26.